The third-order valence-corrected chi connectivity index (χ3v) is 2.10. The van der Waals surface area contributed by atoms with Gasteiger partial charge in [-0.05, 0) is 12.8 Å². The molecule has 1 heterocycles. The van der Waals surface area contributed by atoms with Crippen molar-refractivity contribution in [3.63, 3.8) is 0 Å². The Morgan fingerprint density at radius 1 is 1.44 bits per heavy atom. The third-order valence-electron chi connectivity index (χ3n) is 2.10. The second-order valence-corrected chi connectivity index (χ2v) is 3.67. The van der Waals surface area contributed by atoms with Crippen LogP contribution in [0.4, 0.5) is 0 Å². The minimum atomic E-state index is 0.0544. The monoisotopic (exact) mass is 225 g/mol. The van der Waals surface area contributed by atoms with Crippen molar-refractivity contribution in [2.75, 3.05) is 13.2 Å². The molecular weight excluding hydrogens is 206 g/mol. The summed E-state index contributed by atoms with van der Waals surface area (Å²) in [7, 11) is 0. The van der Waals surface area contributed by atoms with Crippen LogP contribution in [0, 0.1) is 0 Å². The molecule has 0 amide bonds. The molecule has 0 aliphatic carbocycles. The van der Waals surface area contributed by atoms with Crippen LogP contribution in [0.3, 0.4) is 0 Å². The van der Waals surface area contributed by atoms with E-state index in [1.165, 1.54) is 6.33 Å². The lowest BCUT2D eigenvalue weighted by Crippen LogP contribution is -2.16. The number of nitrogens with zero attached hydrogens (tertiary/aromatic N) is 3. The van der Waals surface area contributed by atoms with E-state index >= 15 is 0 Å². The van der Waals surface area contributed by atoms with E-state index in [1.807, 2.05) is 6.92 Å². The molecule has 0 spiro atoms. The van der Waals surface area contributed by atoms with Crippen LogP contribution in [0.5, 0.6) is 0 Å². The molecule has 0 bridgehead atoms. The highest BCUT2D eigenvalue weighted by atomic mass is 16.5. The number of Topliss-reactive ketones (excluding diaryl/α,β-unsaturated/α-hetero) is 1. The van der Waals surface area contributed by atoms with E-state index in [4.69, 9.17) is 4.74 Å². The second kappa shape index (κ2) is 7.11. The summed E-state index contributed by atoms with van der Waals surface area (Å²) in [6.45, 7) is 5.69. The molecule has 5 nitrogen and oxygen atoms in total. The van der Waals surface area contributed by atoms with Gasteiger partial charge in [0, 0.05) is 13.2 Å². The molecule has 0 aromatic carbocycles. The molecule has 0 aliphatic heterocycles. The van der Waals surface area contributed by atoms with Crippen molar-refractivity contribution < 1.29 is 9.53 Å². The fourth-order valence-electron chi connectivity index (χ4n) is 1.38. The number of aryl methyl sites for hydroxylation is 1. The van der Waals surface area contributed by atoms with E-state index in [1.54, 1.807) is 4.68 Å². The largest absolute Gasteiger partial charge is 0.374 e. The molecule has 0 radical (unpaired) electrons. The number of aromatic nitrogens is 3. The van der Waals surface area contributed by atoms with Gasteiger partial charge < -0.3 is 4.74 Å². The van der Waals surface area contributed by atoms with Crippen LogP contribution < -0.4 is 0 Å². The fourth-order valence-corrected chi connectivity index (χ4v) is 1.38. The van der Waals surface area contributed by atoms with Crippen molar-refractivity contribution in [2.24, 2.45) is 0 Å². The molecule has 0 saturated carbocycles. The van der Waals surface area contributed by atoms with Gasteiger partial charge >= 0.3 is 0 Å². The lowest BCUT2D eigenvalue weighted by molar-refractivity contribution is -0.123. The average molecular weight is 225 g/mol. The summed E-state index contributed by atoms with van der Waals surface area (Å²) in [6, 6.07) is 0. The maximum atomic E-state index is 11.5. The lowest BCUT2D eigenvalue weighted by Gasteiger charge is -2.04. The van der Waals surface area contributed by atoms with Crippen molar-refractivity contribution in [3.8, 4) is 0 Å². The molecule has 0 aliphatic rings. The molecule has 0 fully saturated rings. The molecule has 16 heavy (non-hydrogen) atoms. The maximum Gasteiger partial charge on any atom is 0.166 e. The zero-order valence-electron chi connectivity index (χ0n) is 9.98. The Labute approximate surface area is 95.8 Å². The first-order chi connectivity index (χ1) is 7.77. The standard InChI is InChI=1S/C11H19N3O2/c1-3-5-14-11(12-9-13-14)7-10(15)8-16-6-4-2/h9H,3-8H2,1-2H3. The van der Waals surface area contributed by atoms with Crippen LogP contribution in [0.2, 0.25) is 0 Å². The van der Waals surface area contributed by atoms with E-state index in [0.717, 1.165) is 25.2 Å². The first-order valence-electron chi connectivity index (χ1n) is 5.74. The van der Waals surface area contributed by atoms with Gasteiger partial charge in [-0.1, -0.05) is 13.8 Å². The topological polar surface area (TPSA) is 57.0 Å². The van der Waals surface area contributed by atoms with Crippen LogP contribution in [-0.4, -0.2) is 33.8 Å². The molecule has 0 N–H and O–H groups in total. The Hall–Kier alpha value is -1.23. The number of carbonyl (C=O) groups excluding carboxylic acids is 1. The predicted molar refractivity (Wildman–Crippen MR) is 60.1 cm³/mol. The van der Waals surface area contributed by atoms with Crippen LogP contribution in [0.1, 0.15) is 32.5 Å². The highest BCUT2D eigenvalue weighted by molar-refractivity contribution is 5.81. The molecule has 1 aromatic heterocycles. The molecule has 1 rings (SSSR count). The van der Waals surface area contributed by atoms with Crippen molar-refractivity contribution in [1.82, 2.24) is 14.8 Å². The summed E-state index contributed by atoms with van der Waals surface area (Å²) >= 11 is 0. The van der Waals surface area contributed by atoms with Crippen molar-refractivity contribution in [2.45, 2.75) is 39.7 Å². The maximum absolute atomic E-state index is 11.5. The van der Waals surface area contributed by atoms with Gasteiger partial charge in [0.15, 0.2) is 5.78 Å². The summed E-state index contributed by atoms with van der Waals surface area (Å²) < 4.78 is 6.96. The number of carbonyl (C=O) groups is 1. The fraction of sp³-hybridized carbons (Fsp3) is 0.727. The highest BCUT2D eigenvalue weighted by Crippen LogP contribution is 1.98. The van der Waals surface area contributed by atoms with Crippen LogP contribution in [0.15, 0.2) is 6.33 Å². The SMILES string of the molecule is CCCOCC(=O)Cc1ncnn1CCC. The highest BCUT2D eigenvalue weighted by Gasteiger charge is 2.09. The Morgan fingerprint density at radius 3 is 2.94 bits per heavy atom. The number of ether oxygens (including phenoxy) is 1. The predicted octanol–water partition coefficient (Wildman–Crippen LogP) is 1.23. The minimum Gasteiger partial charge on any atom is -0.374 e. The van der Waals surface area contributed by atoms with Gasteiger partial charge in [-0.15, -0.1) is 0 Å². The molecular formula is C11H19N3O2. The zero-order valence-corrected chi connectivity index (χ0v) is 9.98. The molecule has 0 saturated heterocycles. The number of hydrogen-bond acceptors (Lipinski definition) is 4. The third kappa shape index (κ3) is 4.10. The van der Waals surface area contributed by atoms with Crippen molar-refractivity contribution in [1.29, 1.82) is 0 Å². The lowest BCUT2D eigenvalue weighted by atomic mass is 10.3. The number of hydrogen-bond donors (Lipinski definition) is 0. The summed E-state index contributed by atoms with van der Waals surface area (Å²) in [5, 5.41) is 4.07. The van der Waals surface area contributed by atoms with Crippen molar-refractivity contribution >= 4 is 5.78 Å². The molecule has 90 valence electrons. The van der Waals surface area contributed by atoms with Crippen LogP contribution >= 0.6 is 0 Å². The van der Waals surface area contributed by atoms with Gasteiger partial charge in [0.05, 0.1) is 6.42 Å². The Morgan fingerprint density at radius 2 is 2.25 bits per heavy atom. The quantitative estimate of drug-likeness (QED) is 0.624. The van der Waals surface area contributed by atoms with Gasteiger partial charge in [-0.2, -0.15) is 5.10 Å². The zero-order chi connectivity index (χ0) is 11.8. The van der Waals surface area contributed by atoms with E-state index in [2.05, 4.69) is 17.0 Å². The second-order valence-electron chi connectivity index (χ2n) is 3.67. The van der Waals surface area contributed by atoms with E-state index in [-0.39, 0.29) is 12.4 Å². The average Bonchev–Trinajstić information content (AvgIpc) is 2.67. The van der Waals surface area contributed by atoms with E-state index in [0.29, 0.717) is 13.0 Å². The van der Waals surface area contributed by atoms with Gasteiger partial charge in [-0.3, -0.25) is 4.79 Å². The smallest absolute Gasteiger partial charge is 0.166 e. The number of rotatable bonds is 8. The summed E-state index contributed by atoms with van der Waals surface area (Å²) in [5.41, 5.74) is 0. The molecule has 5 heteroatoms. The van der Waals surface area contributed by atoms with Gasteiger partial charge in [-0.25, -0.2) is 9.67 Å². The van der Waals surface area contributed by atoms with E-state index < -0.39 is 0 Å². The first kappa shape index (κ1) is 12.8. The van der Waals surface area contributed by atoms with Gasteiger partial charge in [0.2, 0.25) is 0 Å². The van der Waals surface area contributed by atoms with E-state index in [9.17, 15) is 4.79 Å². The summed E-state index contributed by atoms with van der Waals surface area (Å²) in [4.78, 5) is 15.6. The Balaban J connectivity index is 2.39. The summed E-state index contributed by atoms with van der Waals surface area (Å²) in [5.74, 6) is 0.783. The molecule has 1 aromatic rings. The molecule has 0 atom stereocenters. The van der Waals surface area contributed by atoms with Gasteiger partial charge in [0.25, 0.3) is 0 Å². The van der Waals surface area contributed by atoms with Gasteiger partial charge in [0.1, 0.15) is 18.8 Å². The Bertz CT molecular complexity index is 323. The first-order valence-corrected chi connectivity index (χ1v) is 5.74. The van der Waals surface area contributed by atoms with Crippen molar-refractivity contribution in [3.05, 3.63) is 12.2 Å². The minimum absolute atomic E-state index is 0.0544. The van der Waals surface area contributed by atoms with Crippen LogP contribution in [-0.2, 0) is 22.5 Å². The Kier molecular flexibility index (Phi) is 5.71. The normalized spacial score (nSPS) is 10.6. The van der Waals surface area contributed by atoms with Crippen LogP contribution in [0.25, 0.3) is 0 Å². The summed E-state index contributed by atoms with van der Waals surface area (Å²) in [6.07, 6.45) is 3.71. The molecule has 0 unspecified atom stereocenters. The number of ketones is 1.